The molecule has 33 heavy (non-hydrogen) atoms. The van der Waals surface area contributed by atoms with Crippen LogP contribution >= 0.6 is 0 Å². The zero-order valence-electron chi connectivity index (χ0n) is 19.8. The molecule has 0 radical (unpaired) electrons. The van der Waals surface area contributed by atoms with Gasteiger partial charge >= 0.3 is 0 Å². The molecule has 1 aliphatic carbocycles. The number of anilines is 1. The average molecular weight is 445 g/mol. The first-order valence-corrected chi connectivity index (χ1v) is 11.6. The second-order valence-electron chi connectivity index (χ2n) is 9.42. The highest BCUT2D eigenvalue weighted by atomic mass is 16.2. The lowest BCUT2D eigenvalue weighted by atomic mass is 10.1. The Balaban J connectivity index is 1.59. The quantitative estimate of drug-likeness (QED) is 0.524. The number of rotatable bonds is 8. The summed E-state index contributed by atoms with van der Waals surface area (Å²) in [5.41, 5.74) is 5.01. The molecule has 6 nitrogen and oxygen atoms in total. The van der Waals surface area contributed by atoms with Gasteiger partial charge in [-0.3, -0.25) is 19.5 Å². The van der Waals surface area contributed by atoms with Gasteiger partial charge in [-0.25, -0.2) is 4.98 Å². The third kappa shape index (κ3) is 5.69. The molecule has 172 valence electrons. The molecule has 1 aromatic heterocycles. The highest BCUT2D eigenvalue weighted by Gasteiger charge is 2.34. The van der Waals surface area contributed by atoms with E-state index in [4.69, 9.17) is 4.98 Å². The van der Waals surface area contributed by atoms with Crippen LogP contribution in [0.3, 0.4) is 0 Å². The summed E-state index contributed by atoms with van der Waals surface area (Å²) < 4.78 is 1.89. The van der Waals surface area contributed by atoms with Crippen molar-refractivity contribution in [2.24, 2.45) is 5.92 Å². The summed E-state index contributed by atoms with van der Waals surface area (Å²) in [7, 11) is 0. The number of amides is 2. The largest absolute Gasteiger partial charge is 0.330 e. The van der Waals surface area contributed by atoms with Crippen LogP contribution in [0.4, 0.5) is 5.95 Å². The number of hydrogen-bond donors (Lipinski definition) is 1. The number of imidazole rings is 1. The SMILES string of the molecule is Cc1ccc(-c2cn(-c3ccc(C)cc3)c(NC(=O)CN(C(=O)CC(C)C)C3CC3)n2)cc1. The summed E-state index contributed by atoms with van der Waals surface area (Å²) in [5, 5.41) is 2.97. The summed E-state index contributed by atoms with van der Waals surface area (Å²) in [6.07, 6.45) is 4.33. The average Bonchev–Trinajstić information content (AvgIpc) is 3.53. The lowest BCUT2D eigenvalue weighted by Crippen LogP contribution is -2.40. The standard InChI is InChI=1S/C27H32N4O2/c1-18(2)15-26(33)30(22-13-14-22)17-25(32)29-27-28-24(21-9-5-19(3)6-10-21)16-31(27)23-11-7-20(4)8-12-23/h5-12,16,18,22H,13-15,17H2,1-4H3,(H,28,29,32). The van der Waals surface area contributed by atoms with E-state index in [1.54, 1.807) is 4.90 Å². The number of carbonyl (C=O) groups is 2. The second kappa shape index (κ2) is 9.61. The van der Waals surface area contributed by atoms with Crippen molar-refractivity contribution in [1.82, 2.24) is 14.5 Å². The van der Waals surface area contributed by atoms with E-state index < -0.39 is 0 Å². The van der Waals surface area contributed by atoms with Crippen LogP contribution in [0.25, 0.3) is 16.9 Å². The third-order valence-corrected chi connectivity index (χ3v) is 5.82. The Labute approximate surface area is 195 Å². The number of carbonyl (C=O) groups excluding carboxylic acids is 2. The summed E-state index contributed by atoms with van der Waals surface area (Å²) in [5.74, 6) is 0.532. The van der Waals surface area contributed by atoms with Crippen LogP contribution in [-0.4, -0.2) is 38.9 Å². The van der Waals surface area contributed by atoms with E-state index in [1.165, 1.54) is 5.56 Å². The molecule has 0 unspecified atom stereocenters. The van der Waals surface area contributed by atoms with Crippen molar-refractivity contribution in [1.29, 1.82) is 0 Å². The third-order valence-electron chi connectivity index (χ3n) is 5.82. The first kappa shape index (κ1) is 22.8. The fourth-order valence-electron chi connectivity index (χ4n) is 3.83. The van der Waals surface area contributed by atoms with Gasteiger partial charge in [0.15, 0.2) is 0 Å². The number of benzene rings is 2. The molecule has 2 amide bonds. The van der Waals surface area contributed by atoms with Crippen molar-refractivity contribution in [2.45, 2.75) is 53.0 Å². The van der Waals surface area contributed by atoms with Gasteiger partial charge in [-0.1, -0.05) is 61.4 Å². The normalized spacial score (nSPS) is 13.2. The van der Waals surface area contributed by atoms with Gasteiger partial charge in [0.05, 0.1) is 5.69 Å². The Hall–Kier alpha value is -3.41. The van der Waals surface area contributed by atoms with E-state index in [0.717, 1.165) is 35.3 Å². The van der Waals surface area contributed by atoms with E-state index in [-0.39, 0.29) is 30.3 Å². The molecular weight excluding hydrogens is 412 g/mol. The molecule has 3 aromatic rings. The zero-order valence-corrected chi connectivity index (χ0v) is 19.8. The van der Waals surface area contributed by atoms with Gasteiger partial charge in [0.2, 0.25) is 17.8 Å². The van der Waals surface area contributed by atoms with E-state index in [0.29, 0.717) is 12.4 Å². The van der Waals surface area contributed by atoms with Gasteiger partial charge in [-0.05, 0) is 44.7 Å². The van der Waals surface area contributed by atoms with Crippen molar-refractivity contribution in [3.05, 3.63) is 65.9 Å². The first-order valence-electron chi connectivity index (χ1n) is 11.6. The molecule has 2 aromatic carbocycles. The van der Waals surface area contributed by atoms with Crippen LogP contribution in [-0.2, 0) is 9.59 Å². The van der Waals surface area contributed by atoms with Crippen molar-refractivity contribution in [2.75, 3.05) is 11.9 Å². The fourth-order valence-corrected chi connectivity index (χ4v) is 3.83. The molecule has 1 N–H and O–H groups in total. The molecule has 1 fully saturated rings. The molecule has 0 bridgehead atoms. The maximum atomic E-state index is 13.0. The monoisotopic (exact) mass is 444 g/mol. The Morgan fingerprint density at radius 2 is 1.64 bits per heavy atom. The van der Waals surface area contributed by atoms with E-state index >= 15 is 0 Å². The molecule has 0 atom stereocenters. The van der Waals surface area contributed by atoms with Gasteiger partial charge in [0, 0.05) is 29.9 Å². The number of nitrogens with one attached hydrogen (secondary N) is 1. The minimum atomic E-state index is -0.228. The molecule has 1 saturated carbocycles. The van der Waals surface area contributed by atoms with Crippen molar-refractivity contribution in [3.63, 3.8) is 0 Å². The van der Waals surface area contributed by atoms with Gasteiger partial charge < -0.3 is 4.90 Å². The highest BCUT2D eigenvalue weighted by molar-refractivity contribution is 5.94. The van der Waals surface area contributed by atoms with Crippen molar-refractivity contribution in [3.8, 4) is 16.9 Å². The minimum absolute atomic E-state index is 0.0462. The summed E-state index contributed by atoms with van der Waals surface area (Å²) in [6.45, 7) is 8.18. The number of hydrogen-bond acceptors (Lipinski definition) is 3. The van der Waals surface area contributed by atoms with Crippen LogP contribution in [0, 0.1) is 19.8 Å². The lowest BCUT2D eigenvalue weighted by molar-refractivity contribution is -0.135. The summed E-state index contributed by atoms with van der Waals surface area (Å²) in [4.78, 5) is 32.2. The molecule has 1 heterocycles. The second-order valence-corrected chi connectivity index (χ2v) is 9.42. The van der Waals surface area contributed by atoms with Crippen LogP contribution in [0.5, 0.6) is 0 Å². The molecule has 6 heteroatoms. The van der Waals surface area contributed by atoms with Gasteiger partial charge in [-0.15, -0.1) is 0 Å². The molecule has 0 aliphatic heterocycles. The van der Waals surface area contributed by atoms with Crippen LogP contribution in [0.2, 0.25) is 0 Å². The van der Waals surface area contributed by atoms with Gasteiger partial charge in [-0.2, -0.15) is 0 Å². The fraction of sp³-hybridized carbons (Fsp3) is 0.370. The van der Waals surface area contributed by atoms with Gasteiger partial charge in [0.25, 0.3) is 0 Å². The lowest BCUT2D eigenvalue weighted by Gasteiger charge is -2.22. The van der Waals surface area contributed by atoms with Crippen LogP contribution in [0.1, 0.15) is 44.2 Å². The Kier molecular flexibility index (Phi) is 6.63. The number of nitrogens with zero attached hydrogens (tertiary/aromatic N) is 3. The summed E-state index contributed by atoms with van der Waals surface area (Å²) >= 11 is 0. The predicted octanol–water partition coefficient (Wildman–Crippen LogP) is 5.13. The van der Waals surface area contributed by atoms with Gasteiger partial charge in [0.1, 0.15) is 6.54 Å². The smallest absolute Gasteiger partial charge is 0.246 e. The molecule has 0 saturated heterocycles. The van der Waals surface area contributed by atoms with Crippen molar-refractivity contribution < 1.29 is 9.59 Å². The predicted molar refractivity (Wildman–Crippen MR) is 131 cm³/mol. The van der Waals surface area contributed by atoms with E-state index in [9.17, 15) is 9.59 Å². The minimum Gasteiger partial charge on any atom is -0.330 e. The maximum Gasteiger partial charge on any atom is 0.246 e. The Morgan fingerprint density at radius 1 is 1.03 bits per heavy atom. The van der Waals surface area contributed by atoms with E-state index in [1.807, 2.05) is 87.0 Å². The Morgan fingerprint density at radius 3 is 2.21 bits per heavy atom. The number of aromatic nitrogens is 2. The molecule has 1 aliphatic rings. The van der Waals surface area contributed by atoms with E-state index in [2.05, 4.69) is 5.32 Å². The van der Waals surface area contributed by atoms with Crippen molar-refractivity contribution >= 4 is 17.8 Å². The zero-order chi connectivity index (χ0) is 23.5. The maximum absolute atomic E-state index is 13.0. The molecule has 0 spiro atoms. The summed E-state index contributed by atoms with van der Waals surface area (Å²) in [6, 6.07) is 16.4. The highest BCUT2D eigenvalue weighted by Crippen LogP contribution is 2.28. The first-order chi connectivity index (χ1) is 15.8. The van der Waals surface area contributed by atoms with Crippen LogP contribution in [0.15, 0.2) is 54.7 Å². The number of aryl methyl sites for hydroxylation is 2. The molecular formula is C27H32N4O2. The topological polar surface area (TPSA) is 67.2 Å². The Bertz CT molecular complexity index is 1130. The van der Waals surface area contributed by atoms with Crippen LogP contribution < -0.4 is 5.32 Å². The molecule has 4 rings (SSSR count).